The smallest absolute Gasteiger partial charge is 0.316 e. The molecule has 2 rings (SSSR count). The van der Waals surface area contributed by atoms with Crippen LogP contribution in [0.4, 0.5) is 0 Å². The van der Waals surface area contributed by atoms with Gasteiger partial charge in [0, 0.05) is 0 Å². The molecule has 0 spiro atoms. The number of hydrogen-bond acceptors (Lipinski definition) is 3. The monoisotopic (exact) mass is 272 g/mol. The highest BCUT2D eigenvalue weighted by atomic mass is 16.5. The molecule has 0 saturated carbocycles. The molecule has 0 saturated heterocycles. The van der Waals surface area contributed by atoms with Crippen LogP contribution in [0.5, 0.6) is 5.75 Å². The van der Waals surface area contributed by atoms with Crippen LogP contribution in [-0.2, 0) is 11.4 Å². The predicted octanol–water partition coefficient (Wildman–Crippen LogP) is 3.67. The normalized spacial score (nSPS) is 11.6. The third-order valence-electron chi connectivity index (χ3n) is 3.71. The first kappa shape index (κ1) is 14.5. The first-order valence-corrected chi connectivity index (χ1v) is 6.82. The number of aliphatic hydroxyl groups is 1. The lowest BCUT2D eigenvalue weighted by molar-refractivity contribution is -0.144. The standard InChI is InChI=1S/C17H20O3/c1-4-17(2,3)16(19)20-15-8-7-13-6-5-12(11-18)9-14(13)10-15/h5-10,18H,4,11H2,1-3H3. The average Bonchev–Trinajstić information content (AvgIpc) is 2.46. The van der Waals surface area contributed by atoms with Crippen LogP contribution in [0.2, 0.25) is 0 Å². The van der Waals surface area contributed by atoms with Gasteiger partial charge in [-0.1, -0.05) is 25.1 Å². The zero-order valence-electron chi connectivity index (χ0n) is 12.1. The molecule has 0 bridgehead atoms. The third kappa shape index (κ3) is 2.99. The summed E-state index contributed by atoms with van der Waals surface area (Å²) in [6.45, 7) is 5.72. The van der Waals surface area contributed by atoms with Crippen molar-refractivity contribution in [2.75, 3.05) is 0 Å². The lowest BCUT2D eigenvalue weighted by atomic mass is 9.91. The Morgan fingerprint density at radius 2 is 1.85 bits per heavy atom. The minimum atomic E-state index is -0.484. The van der Waals surface area contributed by atoms with Crippen LogP contribution >= 0.6 is 0 Å². The molecule has 3 heteroatoms. The fourth-order valence-corrected chi connectivity index (χ4v) is 1.83. The van der Waals surface area contributed by atoms with Gasteiger partial charge in [-0.25, -0.2) is 0 Å². The summed E-state index contributed by atoms with van der Waals surface area (Å²) in [5.74, 6) is 0.316. The fraction of sp³-hybridized carbons (Fsp3) is 0.353. The number of carbonyl (C=O) groups is 1. The summed E-state index contributed by atoms with van der Waals surface area (Å²) in [5.41, 5.74) is 0.358. The molecular formula is C17H20O3. The van der Waals surface area contributed by atoms with Crippen LogP contribution in [0.15, 0.2) is 36.4 Å². The molecule has 0 unspecified atom stereocenters. The topological polar surface area (TPSA) is 46.5 Å². The van der Waals surface area contributed by atoms with Gasteiger partial charge in [-0.15, -0.1) is 0 Å². The molecule has 2 aromatic rings. The zero-order chi connectivity index (χ0) is 14.8. The van der Waals surface area contributed by atoms with Crippen LogP contribution < -0.4 is 4.74 Å². The Morgan fingerprint density at radius 3 is 2.50 bits per heavy atom. The number of rotatable bonds is 4. The van der Waals surface area contributed by atoms with Crippen molar-refractivity contribution >= 4 is 16.7 Å². The van der Waals surface area contributed by atoms with Crippen LogP contribution in [-0.4, -0.2) is 11.1 Å². The molecule has 0 heterocycles. The molecule has 0 aliphatic heterocycles. The van der Waals surface area contributed by atoms with E-state index in [1.807, 2.05) is 51.1 Å². The van der Waals surface area contributed by atoms with Crippen molar-refractivity contribution in [3.8, 4) is 5.75 Å². The molecule has 106 valence electrons. The van der Waals surface area contributed by atoms with E-state index in [-0.39, 0.29) is 12.6 Å². The van der Waals surface area contributed by atoms with Crippen LogP contribution in [0, 0.1) is 5.41 Å². The zero-order valence-corrected chi connectivity index (χ0v) is 12.1. The maximum absolute atomic E-state index is 12.1. The number of carbonyl (C=O) groups excluding carboxylic acids is 1. The van der Waals surface area contributed by atoms with Gasteiger partial charge in [0.2, 0.25) is 0 Å². The largest absolute Gasteiger partial charge is 0.426 e. The highest BCUT2D eigenvalue weighted by molar-refractivity contribution is 5.86. The van der Waals surface area contributed by atoms with Crippen LogP contribution in [0.25, 0.3) is 10.8 Å². The number of esters is 1. The predicted molar refractivity (Wildman–Crippen MR) is 79.6 cm³/mol. The minimum absolute atomic E-state index is 0.00280. The third-order valence-corrected chi connectivity index (χ3v) is 3.71. The molecule has 20 heavy (non-hydrogen) atoms. The first-order chi connectivity index (χ1) is 9.46. The molecular weight excluding hydrogens is 252 g/mol. The van der Waals surface area contributed by atoms with Gasteiger partial charge in [-0.05, 0) is 54.8 Å². The number of hydrogen-bond donors (Lipinski definition) is 1. The SMILES string of the molecule is CCC(C)(C)C(=O)Oc1ccc2ccc(CO)cc2c1. The van der Waals surface area contributed by atoms with E-state index in [9.17, 15) is 4.79 Å². The molecule has 2 aromatic carbocycles. The van der Waals surface area contributed by atoms with Crippen molar-refractivity contribution in [1.29, 1.82) is 0 Å². The summed E-state index contributed by atoms with van der Waals surface area (Å²) in [6.07, 6.45) is 0.730. The Hall–Kier alpha value is -1.87. The van der Waals surface area contributed by atoms with Crippen LogP contribution in [0.3, 0.4) is 0 Å². The second-order valence-corrected chi connectivity index (χ2v) is 5.63. The maximum atomic E-state index is 12.1. The second-order valence-electron chi connectivity index (χ2n) is 5.63. The number of aliphatic hydroxyl groups excluding tert-OH is 1. The quantitative estimate of drug-likeness (QED) is 0.682. The number of fused-ring (bicyclic) bond motifs is 1. The number of benzene rings is 2. The summed E-state index contributed by atoms with van der Waals surface area (Å²) in [6, 6.07) is 11.3. The van der Waals surface area contributed by atoms with Crippen molar-refractivity contribution in [2.45, 2.75) is 33.8 Å². The second kappa shape index (κ2) is 5.63. The van der Waals surface area contributed by atoms with Crippen molar-refractivity contribution in [1.82, 2.24) is 0 Å². The van der Waals surface area contributed by atoms with Crippen molar-refractivity contribution in [2.24, 2.45) is 5.41 Å². The van der Waals surface area contributed by atoms with Gasteiger partial charge in [0.05, 0.1) is 12.0 Å². The van der Waals surface area contributed by atoms with Gasteiger partial charge < -0.3 is 9.84 Å². The average molecular weight is 272 g/mol. The van der Waals surface area contributed by atoms with E-state index in [1.165, 1.54) is 0 Å². The molecule has 0 atom stereocenters. The van der Waals surface area contributed by atoms with Gasteiger partial charge in [-0.3, -0.25) is 4.79 Å². The van der Waals surface area contributed by atoms with Crippen molar-refractivity contribution < 1.29 is 14.6 Å². The van der Waals surface area contributed by atoms with E-state index >= 15 is 0 Å². The van der Waals surface area contributed by atoms with Gasteiger partial charge in [-0.2, -0.15) is 0 Å². The summed E-state index contributed by atoms with van der Waals surface area (Å²) in [4.78, 5) is 12.1. The fourth-order valence-electron chi connectivity index (χ4n) is 1.83. The molecule has 1 N–H and O–H groups in total. The van der Waals surface area contributed by atoms with Gasteiger partial charge >= 0.3 is 5.97 Å². The van der Waals surface area contributed by atoms with Crippen molar-refractivity contribution in [3.63, 3.8) is 0 Å². The van der Waals surface area contributed by atoms with Crippen LogP contribution in [0.1, 0.15) is 32.8 Å². The summed E-state index contributed by atoms with van der Waals surface area (Å²) in [7, 11) is 0. The molecule has 3 nitrogen and oxygen atoms in total. The molecule has 0 aromatic heterocycles. The highest BCUT2D eigenvalue weighted by Crippen LogP contribution is 2.26. The molecule has 0 fully saturated rings. The first-order valence-electron chi connectivity index (χ1n) is 6.82. The molecule has 0 radical (unpaired) electrons. The lowest BCUT2D eigenvalue weighted by Gasteiger charge is -2.20. The van der Waals surface area contributed by atoms with Crippen molar-refractivity contribution in [3.05, 3.63) is 42.0 Å². The number of ether oxygens (including phenoxy) is 1. The Kier molecular flexibility index (Phi) is 4.09. The van der Waals surface area contributed by atoms with E-state index < -0.39 is 5.41 Å². The highest BCUT2D eigenvalue weighted by Gasteiger charge is 2.27. The maximum Gasteiger partial charge on any atom is 0.316 e. The Bertz CT molecular complexity index is 629. The summed E-state index contributed by atoms with van der Waals surface area (Å²) >= 11 is 0. The van der Waals surface area contributed by atoms with E-state index in [0.29, 0.717) is 5.75 Å². The Labute approximate surface area is 119 Å². The minimum Gasteiger partial charge on any atom is -0.426 e. The Balaban J connectivity index is 2.29. The lowest BCUT2D eigenvalue weighted by Crippen LogP contribution is -2.28. The molecule has 0 aliphatic carbocycles. The van der Waals surface area contributed by atoms with Gasteiger partial charge in [0.25, 0.3) is 0 Å². The van der Waals surface area contributed by atoms with E-state index in [1.54, 1.807) is 6.07 Å². The van der Waals surface area contributed by atoms with Gasteiger partial charge in [0.1, 0.15) is 5.75 Å². The van der Waals surface area contributed by atoms with E-state index in [4.69, 9.17) is 9.84 Å². The Morgan fingerprint density at radius 1 is 1.15 bits per heavy atom. The van der Waals surface area contributed by atoms with E-state index in [2.05, 4.69) is 0 Å². The van der Waals surface area contributed by atoms with E-state index in [0.717, 1.165) is 22.8 Å². The summed E-state index contributed by atoms with van der Waals surface area (Å²) < 4.78 is 5.45. The molecule has 0 aliphatic rings. The molecule has 0 amide bonds. The van der Waals surface area contributed by atoms with Gasteiger partial charge in [0.15, 0.2) is 0 Å². The summed E-state index contributed by atoms with van der Waals surface area (Å²) in [5, 5.41) is 11.2.